The van der Waals surface area contributed by atoms with Crippen molar-refractivity contribution in [3.05, 3.63) is 83.7 Å². The average molecular weight is 400 g/mol. The molecule has 0 spiro atoms. The Morgan fingerprint density at radius 3 is 2.57 bits per heavy atom. The van der Waals surface area contributed by atoms with Gasteiger partial charge in [-0.1, -0.05) is 36.4 Å². The number of carbonyl (C=O) groups is 1. The summed E-state index contributed by atoms with van der Waals surface area (Å²) in [6.45, 7) is 2.61. The molecule has 0 unspecified atom stereocenters. The van der Waals surface area contributed by atoms with Crippen molar-refractivity contribution in [2.45, 2.75) is 13.3 Å². The monoisotopic (exact) mass is 400 g/mol. The maximum atomic E-state index is 11.9. The van der Waals surface area contributed by atoms with Crippen LogP contribution in [-0.4, -0.2) is 29.2 Å². The second-order valence-electron chi connectivity index (χ2n) is 7.05. The van der Waals surface area contributed by atoms with Crippen LogP contribution in [-0.2, 0) is 18.2 Å². The maximum Gasteiger partial charge on any atom is 0.356 e. The summed E-state index contributed by atoms with van der Waals surface area (Å²) in [5.74, 6) is 0.419. The highest BCUT2D eigenvalue weighted by Gasteiger charge is 2.19. The van der Waals surface area contributed by atoms with Crippen LogP contribution in [0.2, 0.25) is 0 Å². The number of hydrogen-bond donors (Lipinski definition) is 0. The van der Waals surface area contributed by atoms with Crippen LogP contribution in [0.4, 0.5) is 0 Å². The van der Waals surface area contributed by atoms with Crippen LogP contribution in [0.1, 0.15) is 28.7 Å². The summed E-state index contributed by atoms with van der Waals surface area (Å²) in [5, 5.41) is 1.14. The van der Waals surface area contributed by atoms with Crippen molar-refractivity contribution in [3.8, 4) is 17.0 Å². The van der Waals surface area contributed by atoms with Crippen LogP contribution in [0, 0.1) is 0 Å². The molecule has 0 fully saturated rings. The normalized spacial score (nSPS) is 10.9. The fraction of sp³-hybridized carbons (Fsp3) is 0.200. The molecule has 0 N–H and O–H groups in total. The smallest absolute Gasteiger partial charge is 0.356 e. The van der Waals surface area contributed by atoms with Gasteiger partial charge in [0.05, 0.1) is 24.9 Å². The van der Waals surface area contributed by atoms with Gasteiger partial charge >= 0.3 is 5.97 Å². The zero-order chi connectivity index (χ0) is 21.1. The lowest BCUT2D eigenvalue weighted by Gasteiger charge is -2.09. The molecule has 2 aromatic heterocycles. The molecule has 4 rings (SSSR count). The van der Waals surface area contributed by atoms with Crippen LogP contribution in [0.15, 0.2) is 66.7 Å². The minimum Gasteiger partial charge on any atom is -0.494 e. The van der Waals surface area contributed by atoms with Gasteiger partial charge < -0.3 is 14.0 Å². The molecule has 0 saturated carbocycles. The highest BCUT2D eigenvalue weighted by Crippen LogP contribution is 2.36. The molecule has 0 bridgehead atoms. The van der Waals surface area contributed by atoms with E-state index in [0.29, 0.717) is 18.7 Å². The van der Waals surface area contributed by atoms with E-state index in [1.54, 1.807) is 6.07 Å². The summed E-state index contributed by atoms with van der Waals surface area (Å²) in [6.07, 6.45) is 0.598. The number of methoxy groups -OCH3 is 1. The third-order valence-corrected chi connectivity index (χ3v) is 5.19. The third-order valence-electron chi connectivity index (χ3n) is 5.19. The van der Waals surface area contributed by atoms with E-state index in [0.717, 1.165) is 39.2 Å². The minimum absolute atomic E-state index is 0.315. The number of pyridine rings is 1. The van der Waals surface area contributed by atoms with E-state index in [4.69, 9.17) is 9.47 Å². The van der Waals surface area contributed by atoms with Crippen LogP contribution in [0.5, 0.6) is 5.75 Å². The first-order chi connectivity index (χ1) is 14.6. The molecule has 0 aliphatic heterocycles. The lowest BCUT2D eigenvalue weighted by atomic mass is 10.0. The maximum absolute atomic E-state index is 11.9. The minimum atomic E-state index is -0.431. The quantitative estimate of drug-likeness (QED) is 0.427. The van der Waals surface area contributed by atoms with Crippen LogP contribution in [0.25, 0.3) is 22.2 Å². The van der Waals surface area contributed by atoms with Crippen molar-refractivity contribution < 1.29 is 14.3 Å². The predicted octanol–water partition coefficient (Wildman–Crippen LogP) is 5.02. The van der Waals surface area contributed by atoms with Crippen LogP contribution >= 0.6 is 0 Å². The number of aryl methyl sites for hydroxylation is 1. The Balaban J connectivity index is 1.88. The molecule has 0 aliphatic carbocycles. The Kier molecular flexibility index (Phi) is 5.53. The van der Waals surface area contributed by atoms with Crippen molar-refractivity contribution in [3.63, 3.8) is 0 Å². The van der Waals surface area contributed by atoms with Gasteiger partial charge in [0.1, 0.15) is 11.4 Å². The van der Waals surface area contributed by atoms with Gasteiger partial charge in [-0.25, -0.2) is 9.78 Å². The number of rotatable bonds is 6. The summed E-state index contributed by atoms with van der Waals surface area (Å²) >= 11 is 0. The number of ether oxygens (including phenoxy) is 2. The van der Waals surface area contributed by atoms with E-state index in [1.165, 1.54) is 7.11 Å². The highest BCUT2D eigenvalue weighted by molar-refractivity contribution is 5.93. The zero-order valence-electron chi connectivity index (χ0n) is 17.4. The molecular formula is C25H24N2O3. The summed E-state index contributed by atoms with van der Waals surface area (Å²) in [6, 6.07) is 22.0. The average Bonchev–Trinajstić information content (AvgIpc) is 3.05. The molecular weight excluding hydrogens is 376 g/mol. The second kappa shape index (κ2) is 8.41. The first-order valence-electron chi connectivity index (χ1n) is 9.96. The number of esters is 1. The van der Waals surface area contributed by atoms with E-state index in [1.807, 2.05) is 43.3 Å². The van der Waals surface area contributed by atoms with Gasteiger partial charge in [-0.2, -0.15) is 0 Å². The Bertz CT molecular complexity index is 1200. The van der Waals surface area contributed by atoms with E-state index < -0.39 is 5.97 Å². The van der Waals surface area contributed by atoms with E-state index in [-0.39, 0.29) is 0 Å². The first-order valence-corrected chi connectivity index (χ1v) is 9.96. The molecule has 5 nitrogen and oxygen atoms in total. The fourth-order valence-electron chi connectivity index (χ4n) is 3.87. The lowest BCUT2D eigenvalue weighted by Crippen LogP contribution is -2.06. The zero-order valence-corrected chi connectivity index (χ0v) is 17.4. The second-order valence-corrected chi connectivity index (χ2v) is 7.05. The van der Waals surface area contributed by atoms with Crippen molar-refractivity contribution in [1.82, 2.24) is 9.55 Å². The fourth-order valence-corrected chi connectivity index (χ4v) is 3.87. The first kappa shape index (κ1) is 19.7. The molecule has 0 radical (unpaired) electrons. The summed E-state index contributed by atoms with van der Waals surface area (Å²) < 4.78 is 12.7. The number of nitrogens with zero attached hydrogens (tertiary/aromatic N) is 2. The summed E-state index contributed by atoms with van der Waals surface area (Å²) in [4.78, 5) is 16.4. The van der Waals surface area contributed by atoms with E-state index in [9.17, 15) is 4.79 Å². The molecule has 0 amide bonds. The number of hydrogen-bond acceptors (Lipinski definition) is 4. The molecule has 5 heteroatoms. The van der Waals surface area contributed by atoms with Gasteiger partial charge in [-0.05, 0) is 42.3 Å². The highest BCUT2D eigenvalue weighted by atomic mass is 16.5. The van der Waals surface area contributed by atoms with Gasteiger partial charge in [-0.15, -0.1) is 0 Å². The van der Waals surface area contributed by atoms with Gasteiger partial charge in [0, 0.05) is 30.6 Å². The SMILES string of the molecule is CCOc1ccc2c(Cc3cccc(C(=O)OC)n3)c(-c3ccccc3)n(C)c2c1. The molecule has 2 aromatic carbocycles. The Morgan fingerprint density at radius 1 is 1.03 bits per heavy atom. The number of carbonyl (C=O) groups excluding carboxylic acids is 1. The van der Waals surface area contributed by atoms with Gasteiger partial charge in [0.25, 0.3) is 0 Å². The topological polar surface area (TPSA) is 53.4 Å². The predicted molar refractivity (Wildman–Crippen MR) is 118 cm³/mol. The van der Waals surface area contributed by atoms with Gasteiger partial charge in [-0.3, -0.25) is 0 Å². The van der Waals surface area contributed by atoms with Crippen LogP contribution in [0.3, 0.4) is 0 Å². The number of fused-ring (bicyclic) bond motifs is 1. The third kappa shape index (κ3) is 3.66. The van der Waals surface area contributed by atoms with Crippen LogP contribution < -0.4 is 4.74 Å². The molecule has 30 heavy (non-hydrogen) atoms. The van der Waals surface area contributed by atoms with Gasteiger partial charge in [0.15, 0.2) is 0 Å². The molecule has 0 aliphatic rings. The Hall–Kier alpha value is -3.60. The van der Waals surface area contributed by atoms with Crippen molar-refractivity contribution in [1.29, 1.82) is 0 Å². The Labute approximate surface area is 175 Å². The molecule has 0 saturated heterocycles. The largest absolute Gasteiger partial charge is 0.494 e. The molecule has 0 atom stereocenters. The number of aromatic nitrogens is 2. The number of benzene rings is 2. The van der Waals surface area contributed by atoms with E-state index >= 15 is 0 Å². The molecule has 2 heterocycles. The lowest BCUT2D eigenvalue weighted by molar-refractivity contribution is 0.0593. The molecule has 4 aromatic rings. The van der Waals surface area contributed by atoms with Crippen molar-refractivity contribution in [2.75, 3.05) is 13.7 Å². The Morgan fingerprint density at radius 2 is 1.83 bits per heavy atom. The van der Waals surface area contributed by atoms with Gasteiger partial charge in [0.2, 0.25) is 0 Å². The van der Waals surface area contributed by atoms with Crippen molar-refractivity contribution in [2.24, 2.45) is 7.05 Å². The summed E-state index contributed by atoms with van der Waals surface area (Å²) in [7, 11) is 3.44. The van der Waals surface area contributed by atoms with Crippen molar-refractivity contribution >= 4 is 16.9 Å². The van der Waals surface area contributed by atoms with E-state index in [2.05, 4.69) is 40.9 Å². The summed E-state index contributed by atoms with van der Waals surface area (Å²) in [5.41, 5.74) is 5.65. The standard InChI is InChI=1S/C25H24N2O3/c1-4-30-19-13-14-20-21(15-18-11-8-12-22(26-18)25(28)29-3)24(27(2)23(20)16-19)17-9-6-5-7-10-17/h5-14,16H,4,15H2,1-3H3. The molecule has 152 valence electrons.